The number of methoxy groups -OCH3 is 1. The number of nitrogens with zero attached hydrogens (tertiary/aromatic N) is 4. The van der Waals surface area contributed by atoms with Crippen molar-refractivity contribution >= 4 is 11.6 Å². The first-order valence-corrected chi connectivity index (χ1v) is 9.38. The topological polar surface area (TPSA) is 66.1 Å². The van der Waals surface area contributed by atoms with Crippen LogP contribution in [-0.2, 0) is 6.42 Å². The van der Waals surface area contributed by atoms with Crippen LogP contribution in [0.1, 0.15) is 17.0 Å². The number of ether oxygens (including phenoxy) is 1. The number of guanidine groups is 1. The highest BCUT2D eigenvalue weighted by atomic mass is 16.5. The van der Waals surface area contributed by atoms with Crippen LogP contribution in [0.15, 0.2) is 33.8 Å². The number of hydrogen-bond donors (Lipinski definition) is 1. The molecule has 0 spiro atoms. The molecule has 3 rings (SSSR count). The van der Waals surface area contributed by atoms with E-state index in [2.05, 4.69) is 37.4 Å². The van der Waals surface area contributed by atoms with Crippen LogP contribution in [0.2, 0.25) is 0 Å². The number of anilines is 1. The van der Waals surface area contributed by atoms with Gasteiger partial charge in [-0.15, -0.1) is 0 Å². The zero-order chi connectivity index (χ0) is 19.2. The lowest BCUT2D eigenvalue weighted by Crippen LogP contribution is -2.52. The Morgan fingerprint density at radius 1 is 1.19 bits per heavy atom. The summed E-state index contributed by atoms with van der Waals surface area (Å²) >= 11 is 0. The molecule has 0 saturated carbocycles. The van der Waals surface area contributed by atoms with Crippen molar-refractivity contribution in [2.45, 2.75) is 20.3 Å². The minimum Gasteiger partial charge on any atom is -0.497 e. The Balaban J connectivity index is 1.49. The van der Waals surface area contributed by atoms with Gasteiger partial charge >= 0.3 is 0 Å². The first-order chi connectivity index (χ1) is 13.1. The van der Waals surface area contributed by atoms with E-state index in [0.29, 0.717) is 0 Å². The van der Waals surface area contributed by atoms with Gasteiger partial charge in [-0.3, -0.25) is 4.99 Å². The van der Waals surface area contributed by atoms with E-state index in [1.165, 1.54) is 11.3 Å². The van der Waals surface area contributed by atoms with Gasteiger partial charge in [0.1, 0.15) is 11.5 Å². The third kappa shape index (κ3) is 4.53. The van der Waals surface area contributed by atoms with E-state index < -0.39 is 0 Å². The summed E-state index contributed by atoms with van der Waals surface area (Å²) < 4.78 is 10.5. The van der Waals surface area contributed by atoms with Crippen molar-refractivity contribution in [1.29, 1.82) is 0 Å². The van der Waals surface area contributed by atoms with Crippen molar-refractivity contribution in [3.8, 4) is 5.75 Å². The molecular formula is C20H29N5O2. The molecule has 7 nitrogen and oxygen atoms in total. The highest BCUT2D eigenvalue weighted by Crippen LogP contribution is 2.20. The maximum atomic E-state index is 5.24. The van der Waals surface area contributed by atoms with Gasteiger partial charge in [0.2, 0.25) is 0 Å². The zero-order valence-corrected chi connectivity index (χ0v) is 16.7. The van der Waals surface area contributed by atoms with Crippen molar-refractivity contribution in [1.82, 2.24) is 15.4 Å². The molecule has 1 aromatic carbocycles. The fourth-order valence-corrected chi connectivity index (χ4v) is 3.46. The third-order valence-electron chi connectivity index (χ3n) is 5.07. The molecule has 7 heteroatoms. The molecule has 146 valence electrons. The van der Waals surface area contributed by atoms with Crippen LogP contribution >= 0.6 is 0 Å². The summed E-state index contributed by atoms with van der Waals surface area (Å²) in [5.74, 6) is 2.74. The van der Waals surface area contributed by atoms with Crippen molar-refractivity contribution in [3.63, 3.8) is 0 Å². The second kappa shape index (κ2) is 8.79. The number of piperazine rings is 1. The molecule has 0 radical (unpaired) electrons. The fourth-order valence-electron chi connectivity index (χ4n) is 3.46. The lowest BCUT2D eigenvalue weighted by atomic mass is 10.1. The van der Waals surface area contributed by atoms with Gasteiger partial charge in [0.15, 0.2) is 5.96 Å². The molecular weight excluding hydrogens is 342 g/mol. The summed E-state index contributed by atoms with van der Waals surface area (Å²) in [4.78, 5) is 9.16. The maximum absolute atomic E-state index is 5.24. The number of aryl methyl sites for hydroxylation is 2. The second-order valence-electron chi connectivity index (χ2n) is 6.70. The standard InChI is InChI=1S/C20H29N5O2/c1-15-19(16(2)27-23-15)9-10-22-20(21-3)25-13-11-24(12-14-25)17-5-7-18(26-4)8-6-17/h5-8H,9-14H2,1-4H3,(H,21,22). The van der Waals surface area contributed by atoms with Gasteiger partial charge in [0.05, 0.1) is 12.8 Å². The molecule has 0 aliphatic carbocycles. The maximum Gasteiger partial charge on any atom is 0.193 e. The predicted octanol–water partition coefficient (Wildman–Crippen LogP) is 2.24. The smallest absolute Gasteiger partial charge is 0.193 e. The van der Waals surface area contributed by atoms with E-state index in [-0.39, 0.29) is 0 Å². The Kier molecular flexibility index (Phi) is 6.21. The monoisotopic (exact) mass is 371 g/mol. The Morgan fingerprint density at radius 3 is 2.44 bits per heavy atom. The third-order valence-corrected chi connectivity index (χ3v) is 5.07. The molecule has 1 aliphatic rings. The van der Waals surface area contributed by atoms with Crippen LogP contribution in [0.3, 0.4) is 0 Å². The quantitative estimate of drug-likeness (QED) is 0.642. The van der Waals surface area contributed by atoms with E-state index in [1.807, 2.05) is 33.0 Å². The van der Waals surface area contributed by atoms with Gasteiger partial charge in [0, 0.05) is 51.0 Å². The second-order valence-corrected chi connectivity index (χ2v) is 6.70. The van der Waals surface area contributed by atoms with Gasteiger partial charge < -0.3 is 24.4 Å². The largest absolute Gasteiger partial charge is 0.497 e. The molecule has 27 heavy (non-hydrogen) atoms. The van der Waals surface area contributed by atoms with Crippen LogP contribution in [-0.4, -0.2) is 62.9 Å². The molecule has 2 heterocycles. The van der Waals surface area contributed by atoms with Crippen LogP contribution in [0.25, 0.3) is 0 Å². The minimum atomic E-state index is 0.814. The summed E-state index contributed by atoms with van der Waals surface area (Å²) in [6.07, 6.45) is 0.881. The van der Waals surface area contributed by atoms with Gasteiger partial charge in [-0.05, 0) is 44.5 Å². The van der Waals surface area contributed by atoms with Crippen LogP contribution in [0.4, 0.5) is 5.69 Å². The van der Waals surface area contributed by atoms with Crippen LogP contribution < -0.4 is 15.0 Å². The molecule has 1 aromatic heterocycles. The Bertz CT molecular complexity index is 742. The number of nitrogens with one attached hydrogen (secondary N) is 1. The first-order valence-electron chi connectivity index (χ1n) is 9.38. The van der Waals surface area contributed by atoms with Gasteiger partial charge in [-0.2, -0.15) is 0 Å². The summed E-state index contributed by atoms with van der Waals surface area (Å²) in [5, 5.41) is 7.49. The molecule has 1 fully saturated rings. The van der Waals surface area contributed by atoms with Crippen molar-refractivity contribution in [2.75, 3.05) is 51.8 Å². The lowest BCUT2D eigenvalue weighted by molar-refractivity contribution is 0.372. The lowest BCUT2D eigenvalue weighted by Gasteiger charge is -2.37. The highest BCUT2D eigenvalue weighted by molar-refractivity contribution is 5.80. The van der Waals surface area contributed by atoms with E-state index >= 15 is 0 Å². The molecule has 1 aliphatic heterocycles. The number of rotatable bonds is 5. The molecule has 2 aromatic rings. The summed E-state index contributed by atoms with van der Waals surface area (Å²) in [5.41, 5.74) is 3.39. The van der Waals surface area contributed by atoms with Crippen LogP contribution in [0, 0.1) is 13.8 Å². The van der Waals surface area contributed by atoms with Crippen molar-refractivity contribution in [2.24, 2.45) is 4.99 Å². The summed E-state index contributed by atoms with van der Waals surface area (Å²) in [6.45, 7) is 8.58. The average Bonchev–Trinajstić information content (AvgIpc) is 3.03. The van der Waals surface area contributed by atoms with E-state index in [4.69, 9.17) is 9.26 Å². The van der Waals surface area contributed by atoms with E-state index in [1.54, 1.807) is 7.11 Å². The van der Waals surface area contributed by atoms with Crippen molar-refractivity contribution in [3.05, 3.63) is 41.3 Å². The normalized spacial score (nSPS) is 15.2. The Hall–Kier alpha value is -2.70. The van der Waals surface area contributed by atoms with Crippen molar-refractivity contribution < 1.29 is 9.26 Å². The predicted molar refractivity (Wildman–Crippen MR) is 108 cm³/mol. The Labute approximate surface area is 161 Å². The Morgan fingerprint density at radius 2 is 1.89 bits per heavy atom. The first kappa shape index (κ1) is 19.1. The fraction of sp³-hybridized carbons (Fsp3) is 0.500. The van der Waals surface area contributed by atoms with E-state index in [0.717, 1.165) is 62.3 Å². The average molecular weight is 371 g/mol. The SMILES string of the molecule is CN=C(NCCc1c(C)noc1C)N1CCN(c2ccc(OC)cc2)CC1. The molecule has 0 amide bonds. The minimum absolute atomic E-state index is 0.814. The van der Waals surface area contributed by atoms with E-state index in [9.17, 15) is 0 Å². The molecule has 1 N–H and O–H groups in total. The number of benzene rings is 1. The number of hydrogen-bond acceptors (Lipinski definition) is 5. The van der Waals surface area contributed by atoms with Gasteiger partial charge in [0.25, 0.3) is 0 Å². The zero-order valence-electron chi connectivity index (χ0n) is 16.7. The van der Waals surface area contributed by atoms with Gasteiger partial charge in [-0.1, -0.05) is 5.16 Å². The summed E-state index contributed by atoms with van der Waals surface area (Å²) in [7, 11) is 3.53. The van der Waals surface area contributed by atoms with Gasteiger partial charge in [-0.25, -0.2) is 0 Å². The molecule has 0 bridgehead atoms. The van der Waals surface area contributed by atoms with Crippen LogP contribution in [0.5, 0.6) is 5.75 Å². The summed E-state index contributed by atoms with van der Waals surface area (Å²) in [6, 6.07) is 8.25. The molecule has 1 saturated heterocycles. The molecule has 0 atom stereocenters. The molecule has 0 unspecified atom stereocenters. The number of aliphatic imine (C=N–C) groups is 1. The number of aromatic nitrogens is 1. The highest BCUT2D eigenvalue weighted by Gasteiger charge is 2.20.